The summed E-state index contributed by atoms with van der Waals surface area (Å²) >= 11 is 0. The molecule has 0 aromatic rings. The van der Waals surface area contributed by atoms with E-state index in [9.17, 15) is 24.9 Å². The maximum Gasteiger partial charge on any atom is 0.184 e. The van der Waals surface area contributed by atoms with Gasteiger partial charge in [-0.15, -0.1) is 0 Å². The van der Waals surface area contributed by atoms with Crippen molar-refractivity contribution in [2.75, 3.05) is 0 Å². The van der Waals surface area contributed by atoms with Crippen molar-refractivity contribution in [3.63, 3.8) is 0 Å². The van der Waals surface area contributed by atoms with E-state index in [1.54, 1.807) is 20.8 Å². The Balaban J connectivity index is 3.68. The first-order chi connectivity index (χ1) is 16.1. The maximum atomic E-state index is 14.0. The molecule has 0 aromatic heterocycles. The summed E-state index contributed by atoms with van der Waals surface area (Å²) in [5.41, 5.74) is 0.628. The highest BCUT2D eigenvalue weighted by molar-refractivity contribution is 6.24. The van der Waals surface area contributed by atoms with Gasteiger partial charge in [-0.2, -0.15) is 0 Å². The van der Waals surface area contributed by atoms with Gasteiger partial charge in [0.1, 0.15) is 17.1 Å². The van der Waals surface area contributed by atoms with Gasteiger partial charge in [0.05, 0.1) is 11.0 Å². The Morgan fingerprint density at radius 1 is 0.943 bits per heavy atom. The van der Waals surface area contributed by atoms with Crippen LogP contribution in [-0.4, -0.2) is 32.5 Å². The molecule has 0 saturated carbocycles. The minimum Gasteiger partial charge on any atom is -0.511 e. The van der Waals surface area contributed by atoms with Crippen molar-refractivity contribution in [1.29, 1.82) is 0 Å². The largest absolute Gasteiger partial charge is 0.511 e. The van der Waals surface area contributed by atoms with Crippen LogP contribution in [0.25, 0.3) is 0 Å². The minimum atomic E-state index is -1.42. The Labute approximate surface area is 212 Å². The molecule has 0 radical (unpaired) electrons. The van der Waals surface area contributed by atoms with E-state index in [4.69, 9.17) is 0 Å². The molecule has 1 rings (SSSR count). The molecule has 2 atom stereocenters. The highest BCUT2D eigenvalue weighted by atomic mass is 16.3. The molecule has 2 unspecified atom stereocenters. The molecular weight excluding hydrogens is 440 g/mol. The molecule has 0 spiro atoms. The van der Waals surface area contributed by atoms with Crippen LogP contribution in [0.5, 0.6) is 0 Å². The lowest BCUT2D eigenvalue weighted by molar-refractivity contribution is -0.130. The smallest absolute Gasteiger partial charge is 0.184 e. The second-order valence-electron chi connectivity index (χ2n) is 11.3. The first-order valence-corrected chi connectivity index (χ1v) is 12.6. The van der Waals surface area contributed by atoms with Crippen LogP contribution < -0.4 is 0 Å². The van der Waals surface area contributed by atoms with Gasteiger partial charge in [0.25, 0.3) is 0 Å². The second kappa shape index (κ2) is 12.5. The van der Waals surface area contributed by atoms with Crippen LogP contribution in [0.15, 0.2) is 57.6 Å². The third-order valence-electron chi connectivity index (χ3n) is 6.59. The van der Waals surface area contributed by atoms with E-state index in [0.29, 0.717) is 12.8 Å². The van der Waals surface area contributed by atoms with E-state index >= 15 is 0 Å². The maximum absolute atomic E-state index is 14.0. The van der Waals surface area contributed by atoms with Crippen molar-refractivity contribution in [3.05, 3.63) is 57.6 Å². The molecule has 0 aliphatic heterocycles. The number of carbonyl (C=O) groups is 2. The normalized spacial score (nSPS) is 20.0. The summed E-state index contributed by atoms with van der Waals surface area (Å²) in [6.45, 7) is 16.8. The molecule has 0 heterocycles. The number of rotatable bonds is 12. The molecule has 0 bridgehead atoms. The van der Waals surface area contributed by atoms with Gasteiger partial charge >= 0.3 is 0 Å². The average Bonchev–Trinajstić information content (AvgIpc) is 2.72. The number of Topliss-reactive ketones (excluding diaryl/α,β-unsaturated/α-hetero) is 2. The van der Waals surface area contributed by atoms with Crippen LogP contribution in [0.1, 0.15) is 101 Å². The first kappa shape index (κ1) is 30.6. The number of aliphatic hydroxyl groups is 3. The molecule has 5 nitrogen and oxygen atoms in total. The fraction of sp³-hybridized carbons (Fsp3) is 0.600. The van der Waals surface area contributed by atoms with E-state index in [2.05, 4.69) is 6.08 Å². The number of aliphatic hydroxyl groups excluding tert-OH is 2. The van der Waals surface area contributed by atoms with Gasteiger partial charge in [-0.05, 0) is 87.0 Å². The highest BCUT2D eigenvalue weighted by Gasteiger charge is 2.51. The number of hydrogen-bond acceptors (Lipinski definition) is 5. The molecule has 0 fully saturated rings. The van der Waals surface area contributed by atoms with E-state index in [1.165, 1.54) is 5.57 Å². The zero-order chi connectivity index (χ0) is 27.1. The number of allylic oxidation sites excluding steroid dienone is 9. The average molecular weight is 487 g/mol. The monoisotopic (exact) mass is 486 g/mol. The van der Waals surface area contributed by atoms with Crippen LogP contribution in [0.4, 0.5) is 0 Å². The second-order valence-corrected chi connectivity index (χ2v) is 11.3. The summed E-state index contributed by atoms with van der Waals surface area (Å²) in [5, 5.41) is 33.6. The predicted molar refractivity (Wildman–Crippen MR) is 143 cm³/mol. The Bertz CT molecular complexity index is 957. The lowest BCUT2D eigenvalue weighted by atomic mass is 9.65. The Morgan fingerprint density at radius 2 is 1.49 bits per heavy atom. The zero-order valence-corrected chi connectivity index (χ0v) is 23.2. The van der Waals surface area contributed by atoms with E-state index in [0.717, 1.165) is 11.1 Å². The van der Waals surface area contributed by atoms with Gasteiger partial charge in [-0.25, -0.2) is 0 Å². The zero-order valence-electron chi connectivity index (χ0n) is 23.2. The lowest BCUT2D eigenvalue weighted by Crippen LogP contribution is -2.43. The fourth-order valence-corrected chi connectivity index (χ4v) is 4.20. The SMILES string of the molecule is CC(C)=CCCC(C)(O)CCC1(CC=C(C)C)C(=O)C(C(=O)C(C)C)=C(O)C(CC=C(C)C)=C1O. The molecule has 0 aromatic carbocycles. The quantitative estimate of drug-likeness (QED) is 0.197. The van der Waals surface area contributed by atoms with Crippen molar-refractivity contribution in [1.82, 2.24) is 0 Å². The summed E-state index contributed by atoms with van der Waals surface area (Å²) in [7, 11) is 0. The van der Waals surface area contributed by atoms with Crippen molar-refractivity contribution in [2.24, 2.45) is 11.3 Å². The van der Waals surface area contributed by atoms with E-state index < -0.39 is 34.3 Å². The molecule has 0 saturated heterocycles. The van der Waals surface area contributed by atoms with Crippen LogP contribution in [0, 0.1) is 11.3 Å². The van der Waals surface area contributed by atoms with Gasteiger partial charge in [0.15, 0.2) is 11.6 Å². The molecule has 1 aliphatic carbocycles. The molecule has 35 heavy (non-hydrogen) atoms. The van der Waals surface area contributed by atoms with Crippen molar-refractivity contribution >= 4 is 11.6 Å². The summed E-state index contributed by atoms with van der Waals surface area (Å²) in [6.07, 6.45) is 7.82. The Kier molecular flexibility index (Phi) is 11.0. The number of ketones is 2. The van der Waals surface area contributed by atoms with Crippen molar-refractivity contribution in [3.8, 4) is 0 Å². The van der Waals surface area contributed by atoms with Gasteiger partial charge in [0, 0.05) is 11.5 Å². The van der Waals surface area contributed by atoms with E-state index in [-0.39, 0.29) is 42.6 Å². The number of hydrogen-bond donors (Lipinski definition) is 3. The summed E-state index contributed by atoms with van der Waals surface area (Å²) in [5.74, 6) is -2.12. The third-order valence-corrected chi connectivity index (χ3v) is 6.59. The Morgan fingerprint density at radius 3 is 1.97 bits per heavy atom. The molecule has 196 valence electrons. The van der Waals surface area contributed by atoms with Crippen molar-refractivity contribution in [2.45, 2.75) is 106 Å². The fourth-order valence-electron chi connectivity index (χ4n) is 4.20. The topological polar surface area (TPSA) is 94.8 Å². The first-order valence-electron chi connectivity index (χ1n) is 12.6. The molecule has 3 N–H and O–H groups in total. The molecule has 1 aliphatic rings. The van der Waals surface area contributed by atoms with E-state index in [1.807, 2.05) is 53.7 Å². The van der Waals surface area contributed by atoms with Gasteiger partial charge in [-0.1, -0.05) is 48.8 Å². The van der Waals surface area contributed by atoms with Crippen molar-refractivity contribution < 1.29 is 24.9 Å². The lowest BCUT2D eigenvalue weighted by Gasteiger charge is -2.38. The summed E-state index contributed by atoms with van der Waals surface area (Å²) < 4.78 is 0. The third kappa shape index (κ3) is 8.06. The standard InChI is InChI=1S/C30H46O5/c1-19(2)11-10-15-29(9,35)17-18-30(16-14-21(5)6)27(33)23(13-12-20(3)4)26(32)24(28(30)34)25(31)22(7)8/h11-12,14,22,32-33,35H,10,13,15-18H2,1-9H3. The summed E-state index contributed by atoms with van der Waals surface area (Å²) in [4.78, 5) is 27.1. The Hall–Kier alpha value is -2.40. The van der Waals surface area contributed by atoms with Crippen LogP contribution in [0.2, 0.25) is 0 Å². The van der Waals surface area contributed by atoms with Crippen LogP contribution in [0.3, 0.4) is 0 Å². The highest BCUT2D eigenvalue weighted by Crippen LogP contribution is 2.48. The van der Waals surface area contributed by atoms with Crippen LogP contribution in [-0.2, 0) is 9.59 Å². The minimum absolute atomic E-state index is 0.156. The van der Waals surface area contributed by atoms with Gasteiger partial charge in [-0.3, -0.25) is 9.59 Å². The number of carbonyl (C=O) groups excluding carboxylic acids is 2. The van der Waals surface area contributed by atoms with Gasteiger partial charge in [0.2, 0.25) is 0 Å². The van der Waals surface area contributed by atoms with Gasteiger partial charge < -0.3 is 15.3 Å². The predicted octanol–water partition coefficient (Wildman–Crippen LogP) is 7.40. The van der Waals surface area contributed by atoms with Crippen LogP contribution >= 0.6 is 0 Å². The summed E-state index contributed by atoms with van der Waals surface area (Å²) in [6, 6.07) is 0. The molecule has 5 heteroatoms. The molecule has 0 amide bonds. The molecular formula is C30H46O5.